The molecule has 0 spiro atoms. The van der Waals surface area contributed by atoms with Gasteiger partial charge in [-0.3, -0.25) is 4.90 Å². The van der Waals surface area contributed by atoms with Gasteiger partial charge in [-0.15, -0.1) is 0 Å². The zero-order chi connectivity index (χ0) is 9.80. The molecule has 0 fully saturated rings. The first-order valence-electron chi connectivity index (χ1n) is 5.04. The molecule has 2 heteroatoms. The highest BCUT2D eigenvalue weighted by Gasteiger charge is 2.12. The van der Waals surface area contributed by atoms with Crippen molar-refractivity contribution in [2.75, 3.05) is 19.6 Å². The van der Waals surface area contributed by atoms with Gasteiger partial charge in [0.15, 0.2) is 0 Å². The van der Waals surface area contributed by atoms with Gasteiger partial charge in [-0.1, -0.05) is 42.5 Å². The predicted octanol–water partition coefficient (Wildman–Crippen LogP) is 1.56. The third-order valence-electron chi connectivity index (χ3n) is 2.58. The van der Waals surface area contributed by atoms with Crippen LogP contribution in [0, 0.1) is 0 Å². The van der Waals surface area contributed by atoms with E-state index in [4.69, 9.17) is 5.73 Å². The third kappa shape index (κ3) is 2.22. The lowest BCUT2D eigenvalue weighted by molar-refractivity contribution is 0.328. The van der Waals surface area contributed by atoms with Gasteiger partial charge in [-0.25, -0.2) is 0 Å². The molecule has 1 aliphatic rings. The van der Waals surface area contributed by atoms with E-state index in [9.17, 15) is 0 Å². The number of nitrogens with two attached hydrogens (primary N) is 1. The normalized spacial score (nSPS) is 18.6. The fourth-order valence-corrected chi connectivity index (χ4v) is 1.75. The molecule has 0 aromatic heterocycles. The van der Waals surface area contributed by atoms with E-state index in [1.54, 1.807) is 0 Å². The Labute approximate surface area is 85.0 Å². The molecule has 1 atom stereocenters. The average molecular weight is 188 g/mol. The maximum Gasteiger partial charge on any atom is 0.0424 e. The smallest absolute Gasteiger partial charge is 0.0424 e. The molecule has 1 aromatic rings. The van der Waals surface area contributed by atoms with Gasteiger partial charge < -0.3 is 5.73 Å². The van der Waals surface area contributed by atoms with Gasteiger partial charge in [0.05, 0.1) is 0 Å². The van der Waals surface area contributed by atoms with Crippen LogP contribution in [-0.2, 0) is 0 Å². The fourth-order valence-electron chi connectivity index (χ4n) is 1.75. The second-order valence-corrected chi connectivity index (χ2v) is 3.71. The van der Waals surface area contributed by atoms with Crippen LogP contribution in [0.4, 0.5) is 0 Å². The second-order valence-electron chi connectivity index (χ2n) is 3.71. The molecule has 2 nitrogen and oxygen atoms in total. The van der Waals surface area contributed by atoms with Gasteiger partial charge in [0, 0.05) is 25.7 Å². The molecule has 14 heavy (non-hydrogen) atoms. The average Bonchev–Trinajstić information content (AvgIpc) is 2.72. The minimum atomic E-state index is 0.135. The van der Waals surface area contributed by atoms with Crippen LogP contribution >= 0.6 is 0 Å². The largest absolute Gasteiger partial charge is 0.323 e. The molecule has 1 aromatic carbocycles. The number of nitrogens with zero attached hydrogens (tertiary/aromatic N) is 1. The van der Waals surface area contributed by atoms with Crippen LogP contribution in [0.25, 0.3) is 0 Å². The van der Waals surface area contributed by atoms with Gasteiger partial charge in [-0.2, -0.15) is 0 Å². The molecule has 0 aliphatic carbocycles. The summed E-state index contributed by atoms with van der Waals surface area (Å²) in [5.41, 5.74) is 7.33. The molecule has 0 saturated carbocycles. The number of hydrogen-bond donors (Lipinski definition) is 1. The Morgan fingerprint density at radius 1 is 1.14 bits per heavy atom. The van der Waals surface area contributed by atoms with Gasteiger partial charge in [-0.05, 0) is 5.56 Å². The Morgan fingerprint density at radius 3 is 2.43 bits per heavy atom. The van der Waals surface area contributed by atoms with Crippen molar-refractivity contribution in [1.82, 2.24) is 4.90 Å². The monoisotopic (exact) mass is 188 g/mol. The summed E-state index contributed by atoms with van der Waals surface area (Å²) in [5.74, 6) is 0. The van der Waals surface area contributed by atoms with Crippen LogP contribution in [-0.4, -0.2) is 24.5 Å². The molecule has 0 bridgehead atoms. The Kier molecular flexibility index (Phi) is 2.96. The Hall–Kier alpha value is -1.12. The maximum atomic E-state index is 6.11. The summed E-state index contributed by atoms with van der Waals surface area (Å²) in [6.45, 7) is 3.03. The molecule has 0 radical (unpaired) electrons. The van der Waals surface area contributed by atoms with Gasteiger partial charge in [0.1, 0.15) is 0 Å². The fraction of sp³-hybridized carbons (Fsp3) is 0.333. The standard InChI is InChI=1S/C12H16N2/c13-12(10-14-8-4-5-9-14)11-6-2-1-3-7-11/h1-7,12H,8-10,13H2/t12-/m1/s1. The first kappa shape index (κ1) is 9.44. The maximum absolute atomic E-state index is 6.11. The van der Waals surface area contributed by atoms with Gasteiger partial charge >= 0.3 is 0 Å². The Morgan fingerprint density at radius 2 is 1.79 bits per heavy atom. The Bertz CT molecular complexity index is 297. The molecule has 2 rings (SSSR count). The number of hydrogen-bond acceptors (Lipinski definition) is 2. The van der Waals surface area contributed by atoms with E-state index in [0.717, 1.165) is 19.6 Å². The van der Waals surface area contributed by atoms with E-state index in [2.05, 4.69) is 29.2 Å². The van der Waals surface area contributed by atoms with Crippen molar-refractivity contribution in [3.05, 3.63) is 48.0 Å². The molecule has 0 unspecified atom stereocenters. The lowest BCUT2D eigenvalue weighted by atomic mass is 10.1. The van der Waals surface area contributed by atoms with E-state index in [-0.39, 0.29) is 6.04 Å². The lowest BCUT2D eigenvalue weighted by Crippen LogP contribution is -2.30. The summed E-state index contributed by atoms with van der Waals surface area (Å²) >= 11 is 0. The van der Waals surface area contributed by atoms with Crippen molar-refractivity contribution in [3.63, 3.8) is 0 Å². The van der Waals surface area contributed by atoms with Gasteiger partial charge in [0.2, 0.25) is 0 Å². The highest BCUT2D eigenvalue weighted by atomic mass is 15.1. The van der Waals surface area contributed by atoms with Gasteiger partial charge in [0.25, 0.3) is 0 Å². The van der Waals surface area contributed by atoms with E-state index in [1.165, 1.54) is 5.56 Å². The predicted molar refractivity (Wildman–Crippen MR) is 59.0 cm³/mol. The van der Waals surface area contributed by atoms with E-state index >= 15 is 0 Å². The van der Waals surface area contributed by atoms with Crippen LogP contribution in [0.3, 0.4) is 0 Å². The molecule has 74 valence electrons. The summed E-state index contributed by atoms with van der Waals surface area (Å²) in [5, 5.41) is 0. The molecule has 0 amide bonds. The van der Waals surface area contributed by atoms with Crippen molar-refractivity contribution < 1.29 is 0 Å². The number of benzene rings is 1. The quantitative estimate of drug-likeness (QED) is 0.729. The zero-order valence-electron chi connectivity index (χ0n) is 8.26. The zero-order valence-corrected chi connectivity index (χ0v) is 8.26. The van der Waals surface area contributed by atoms with E-state index < -0.39 is 0 Å². The summed E-state index contributed by atoms with van der Waals surface area (Å²) in [6.07, 6.45) is 4.38. The summed E-state index contributed by atoms with van der Waals surface area (Å²) < 4.78 is 0. The van der Waals surface area contributed by atoms with E-state index in [0.29, 0.717) is 0 Å². The first-order valence-corrected chi connectivity index (χ1v) is 5.04. The highest BCUT2D eigenvalue weighted by molar-refractivity contribution is 5.19. The summed E-state index contributed by atoms with van der Waals surface area (Å²) in [4.78, 5) is 2.34. The molecular weight excluding hydrogens is 172 g/mol. The SMILES string of the molecule is N[C@H](CN1CC=CC1)c1ccccc1. The van der Waals surface area contributed by atoms with Crippen molar-refractivity contribution in [1.29, 1.82) is 0 Å². The topological polar surface area (TPSA) is 29.3 Å². The van der Waals surface area contributed by atoms with Crippen molar-refractivity contribution >= 4 is 0 Å². The summed E-state index contributed by atoms with van der Waals surface area (Å²) in [6, 6.07) is 10.4. The van der Waals surface area contributed by atoms with Crippen molar-refractivity contribution in [3.8, 4) is 0 Å². The lowest BCUT2D eigenvalue weighted by Gasteiger charge is -2.20. The third-order valence-corrected chi connectivity index (χ3v) is 2.58. The first-order chi connectivity index (χ1) is 6.86. The minimum Gasteiger partial charge on any atom is -0.323 e. The van der Waals surface area contributed by atoms with Crippen LogP contribution < -0.4 is 5.73 Å². The van der Waals surface area contributed by atoms with Crippen LogP contribution in [0.2, 0.25) is 0 Å². The molecule has 2 N–H and O–H groups in total. The molecular formula is C12H16N2. The second kappa shape index (κ2) is 4.40. The highest BCUT2D eigenvalue weighted by Crippen LogP contribution is 2.12. The minimum absolute atomic E-state index is 0.135. The summed E-state index contributed by atoms with van der Waals surface area (Å²) in [7, 11) is 0. The van der Waals surface area contributed by atoms with Crippen LogP contribution in [0.1, 0.15) is 11.6 Å². The van der Waals surface area contributed by atoms with Crippen molar-refractivity contribution in [2.45, 2.75) is 6.04 Å². The Balaban J connectivity index is 1.92. The number of rotatable bonds is 3. The van der Waals surface area contributed by atoms with Crippen molar-refractivity contribution in [2.24, 2.45) is 5.73 Å². The van der Waals surface area contributed by atoms with Crippen LogP contribution in [0.15, 0.2) is 42.5 Å². The molecule has 1 aliphatic heterocycles. The van der Waals surface area contributed by atoms with Crippen LogP contribution in [0.5, 0.6) is 0 Å². The molecule has 0 saturated heterocycles. The molecule has 1 heterocycles. The van der Waals surface area contributed by atoms with E-state index in [1.807, 2.05) is 18.2 Å².